The fourth-order valence-corrected chi connectivity index (χ4v) is 4.45. The van der Waals surface area contributed by atoms with Gasteiger partial charge in [0.05, 0.1) is 0 Å². The minimum atomic E-state index is -4.86. The molecule has 0 amide bonds. The van der Waals surface area contributed by atoms with Gasteiger partial charge in [-0.3, -0.25) is 23.4 Å². The lowest BCUT2D eigenvalue weighted by Gasteiger charge is -2.43. The van der Waals surface area contributed by atoms with Crippen molar-refractivity contribution in [2.75, 3.05) is 13.2 Å². The predicted octanol–water partition coefficient (Wildman–Crippen LogP) is 0.786. The van der Waals surface area contributed by atoms with Gasteiger partial charge in [-0.05, 0) is 0 Å². The minimum Gasteiger partial charge on any atom is -0.463 e. The summed E-state index contributed by atoms with van der Waals surface area (Å²) in [5, 5.41) is -2.07. The molecule has 1 saturated heterocycles. The molecule has 1 aliphatic heterocycles. The van der Waals surface area contributed by atoms with Crippen LogP contribution >= 0.6 is 34.8 Å². The summed E-state index contributed by atoms with van der Waals surface area (Å²) in [4.78, 5) is 46.2. The Morgan fingerprint density at radius 3 is 1.78 bits per heavy atom. The van der Waals surface area contributed by atoms with Gasteiger partial charge in [0.2, 0.25) is 10.1 Å². The van der Waals surface area contributed by atoms with Crippen LogP contribution in [0.4, 0.5) is 0 Å². The molecule has 0 N–H and O–H groups in total. The monoisotopic (exact) mass is 542 g/mol. The van der Waals surface area contributed by atoms with E-state index in [0.29, 0.717) is 0 Å². The molecule has 0 saturated carbocycles. The van der Waals surface area contributed by atoms with E-state index in [2.05, 4.69) is 0 Å². The van der Waals surface area contributed by atoms with E-state index in [9.17, 15) is 27.6 Å². The second-order valence-electron chi connectivity index (χ2n) is 6.44. The molecule has 1 rings (SSSR count). The first-order chi connectivity index (χ1) is 14.5. The van der Waals surface area contributed by atoms with Crippen molar-refractivity contribution < 1.29 is 55.5 Å². The standard InChI is InChI=1S/C16H21Cl3O12S/c1-7(20)26-5-11-12(28-8(2)21)13(29-9(3)22)14(15(31-11)30-10(4)23)32(24,25)27-6-16(17,18)19/h11-15H,5-6H2,1-4H3/t11-,12+,13+,14-,15+/m1/s1. The van der Waals surface area contributed by atoms with Crippen LogP contribution in [0.15, 0.2) is 0 Å². The highest BCUT2D eigenvalue weighted by atomic mass is 35.6. The molecule has 0 aromatic carbocycles. The van der Waals surface area contributed by atoms with E-state index in [-0.39, 0.29) is 0 Å². The van der Waals surface area contributed by atoms with Crippen LogP contribution in [0, 0.1) is 0 Å². The number of esters is 4. The highest BCUT2D eigenvalue weighted by Gasteiger charge is 2.57. The molecule has 0 bridgehead atoms. The van der Waals surface area contributed by atoms with E-state index in [1.807, 2.05) is 0 Å². The van der Waals surface area contributed by atoms with Gasteiger partial charge in [0.25, 0.3) is 10.1 Å². The second-order valence-corrected chi connectivity index (χ2v) is 10.7. The lowest BCUT2D eigenvalue weighted by molar-refractivity contribution is -0.258. The molecule has 0 spiro atoms. The van der Waals surface area contributed by atoms with Gasteiger partial charge in [-0.15, -0.1) is 0 Å². The lowest BCUT2D eigenvalue weighted by Crippen LogP contribution is -2.64. The van der Waals surface area contributed by atoms with Crippen molar-refractivity contribution in [2.24, 2.45) is 0 Å². The Morgan fingerprint density at radius 2 is 1.34 bits per heavy atom. The van der Waals surface area contributed by atoms with Gasteiger partial charge in [-0.2, -0.15) is 8.42 Å². The largest absolute Gasteiger partial charge is 0.463 e. The van der Waals surface area contributed by atoms with Crippen molar-refractivity contribution in [1.29, 1.82) is 0 Å². The zero-order valence-electron chi connectivity index (χ0n) is 17.2. The van der Waals surface area contributed by atoms with Crippen LogP contribution in [-0.4, -0.2) is 79.2 Å². The predicted molar refractivity (Wildman–Crippen MR) is 107 cm³/mol. The van der Waals surface area contributed by atoms with Gasteiger partial charge >= 0.3 is 23.9 Å². The van der Waals surface area contributed by atoms with Gasteiger partial charge in [0.15, 0.2) is 17.5 Å². The quantitative estimate of drug-likeness (QED) is 0.184. The molecule has 12 nitrogen and oxygen atoms in total. The molecule has 5 atom stereocenters. The van der Waals surface area contributed by atoms with Crippen LogP contribution in [0.3, 0.4) is 0 Å². The molecule has 0 aromatic heterocycles. The molecule has 184 valence electrons. The number of hydrogen-bond donors (Lipinski definition) is 0. The van der Waals surface area contributed by atoms with E-state index < -0.39 is 80.9 Å². The summed E-state index contributed by atoms with van der Waals surface area (Å²) in [7, 11) is -4.86. The number of alkyl halides is 3. The summed E-state index contributed by atoms with van der Waals surface area (Å²) >= 11 is 16.6. The highest BCUT2D eigenvalue weighted by molar-refractivity contribution is 7.87. The Labute approximate surface area is 198 Å². The van der Waals surface area contributed by atoms with E-state index in [1.54, 1.807) is 0 Å². The van der Waals surface area contributed by atoms with Crippen molar-refractivity contribution in [2.45, 2.75) is 61.3 Å². The first-order valence-corrected chi connectivity index (χ1v) is 11.4. The van der Waals surface area contributed by atoms with Crippen LogP contribution in [0.1, 0.15) is 27.7 Å². The minimum absolute atomic E-state index is 0.565. The van der Waals surface area contributed by atoms with Gasteiger partial charge in [0, 0.05) is 27.7 Å². The lowest BCUT2D eigenvalue weighted by atomic mass is 10.0. The van der Waals surface area contributed by atoms with Crippen molar-refractivity contribution in [3.8, 4) is 0 Å². The van der Waals surface area contributed by atoms with Gasteiger partial charge in [-0.25, -0.2) is 0 Å². The summed E-state index contributed by atoms with van der Waals surface area (Å²) in [6.07, 6.45) is -6.77. The average molecular weight is 544 g/mol. The van der Waals surface area contributed by atoms with Crippen LogP contribution in [0.5, 0.6) is 0 Å². The molecule has 0 unspecified atom stereocenters. The van der Waals surface area contributed by atoms with Crippen molar-refractivity contribution in [3.63, 3.8) is 0 Å². The number of rotatable bonds is 8. The number of carbonyl (C=O) groups excluding carboxylic acids is 4. The molecule has 1 heterocycles. The summed E-state index contributed by atoms with van der Waals surface area (Å²) in [5.41, 5.74) is 0. The Morgan fingerprint density at radius 1 is 0.844 bits per heavy atom. The van der Waals surface area contributed by atoms with E-state index >= 15 is 0 Å². The molecule has 0 aliphatic carbocycles. The third kappa shape index (κ3) is 9.24. The Kier molecular flexibility index (Phi) is 10.4. The summed E-state index contributed by atoms with van der Waals surface area (Å²) < 4.78 is 53.9. The maximum Gasteiger partial charge on any atom is 0.304 e. The summed E-state index contributed by atoms with van der Waals surface area (Å²) in [6, 6.07) is 0. The zero-order valence-corrected chi connectivity index (χ0v) is 20.3. The van der Waals surface area contributed by atoms with Crippen LogP contribution in [-0.2, 0) is 57.2 Å². The SMILES string of the molecule is CC(=O)OC[C@H]1O[C@H](OC(C)=O)[C@H](S(=O)(=O)OCC(Cl)(Cl)Cl)[C@@H](OC(C)=O)[C@H]1OC(C)=O. The first-order valence-electron chi connectivity index (χ1n) is 8.79. The van der Waals surface area contributed by atoms with Crippen LogP contribution < -0.4 is 0 Å². The number of carbonyl (C=O) groups is 4. The smallest absolute Gasteiger partial charge is 0.304 e. The first kappa shape index (κ1) is 28.7. The van der Waals surface area contributed by atoms with E-state index in [0.717, 1.165) is 27.7 Å². The van der Waals surface area contributed by atoms with Crippen LogP contribution in [0.2, 0.25) is 0 Å². The summed E-state index contributed by atoms with van der Waals surface area (Å²) in [5.74, 6) is -3.62. The number of ether oxygens (including phenoxy) is 5. The molecular formula is C16H21Cl3O12S. The van der Waals surface area contributed by atoms with Crippen molar-refractivity contribution in [1.82, 2.24) is 0 Å². The molecule has 32 heavy (non-hydrogen) atoms. The van der Waals surface area contributed by atoms with Crippen molar-refractivity contribution in [3.05, 3.63) is 0 Å². The summed E-state index contributed by atoms with van der Waals surface area (Å²) in [6.45, 7) is 2.46. The fraction of sp³-hybridized carbons (Fsp3) is 0.750. The maximum absolute atomic E-state index is 12.9. The maximum atomic E-state index is 12.9. The fourth-order valence-electron chi connectivity index (χ4n) is 2.66. The molecule has 0 radical (unpaired) electrons. The molecular weight excluding hydrogens is 523 g/mol. The normalized spacial score (nSPS) is 26.0. The van der Waals surface area contributed by atoms with E-state index in [1.165, 1.54) is 0 Å². The van der Waals surface area contributed by atoms with Crippen molar-refractivity contribution >= 4 is 68.8 Å². The zero-order chi connectivity index (χ0) is 24.9. The third-order valence-electron chi connectivity index (χ3n) is 3.65. The highest BCUT2D eigenvalue weighted by Crippen LogP contribution is 2.34. The number of halogens is 3. The Bertz CT molecular complexity index is 825. The van der Waals surface area contributed by atoms with Gasteiger partial charge in [-0.1, -0.05) is 34.8 Å². The second kappa shape index (κ2) is 11.7. The molecule has 0 aromatic rings. The van der Waals surface area contributed by atoms with Gasteiger partial charge < -0.3 is 23.7 Å². The average Bonchev–Trinajstić information content (AvgIpc) is 2.58. The molecule has 1 aliphatic rings. The number of hydrogen-bond acceptors (Lipinski definition) is 12. The molecule has 1 fully saturated rings. The van der Waals surface area contributed by atoms with Gasteiger partial charge in [0.1, 0.15) is 19.3 Å². The molecule has 16 heteroatoms. The Hall–Kier alpha value is -1.38. The third-order valence-corrected chi connectivity index (χ3v) is 5.58. The van der Waals surface area contributed by atoms with E-state index in [4.69, 9.17) is 62.7 Å². The topological polar surface area (TPSA) is 158 Å². The van der Waals surface area contributed by atoms with Crippen LogP contribution in [0.25, 0.3) is 0 Å². The Balaban J connectivity index is 3.52.